The SMILES string of the molecule is CCNCc1ccc(N(C)CC(C)C(=O)NC)cc1. The number of hydrogen-bond donors (Lipinski definition) is 2. The summed E-state index contributed by atoms with van der Waals surface area (Å²) in [5, 5.41) is 5.98. The minimum absolute atomic E-state index is 0.0172. The Bertz CT molecular complexity index is 389. The van der Waals surface area contributed by atoms with Crippen molar-refractivity contribution in [1.29, 1.82) is 0 Å². The van der Waals surface area contributed by atoms with Gasteiger partial charge in [-0.25, -0.2) is 0 Å². The monoisotopic (exact) mass is 263 g/mol. The lowest BCUT2D eigenvalue weighted by Gasteiger charge is -2.23. The van der Waals surface area contributed by atoms with E-state index in [4.69, 9.17) is 0 Å². The highest BCUT2D eigenvalue weighted by atomic mass is 16.1. The maximum Gasteiger partial charge on any atom is 0.224 e. The van der Waals surface area contributed by atoms with E-state index in [9.17, 15) is 4.79 Å². The second-order valence-corrected chi connectivity index (χ2v) is 4.84. The molecular weight excluding hydrogens is 238 g/mol. The van der Waals surface area contributed by atoms with Gasteiger partial charge in [0, 0.05) is 32.9 Å². The zero-order chi connectivity index (χ0) is 14.3. The Balaban J connectivity index is 2.57. The van der Waals surface area contributed by atoms with Crippen LogP contribution in [0, 0.1) is 5.92 Å². The van der Waals surface area contributed by atoms with Crippen LogP contribution in [-0.2, 0) is 11.3 Å². The Morgan fingerprint density at radius 3 is 2.47 bits per heavy atom. The molecule has 4 heteroatoms. The fourth-order valence-corrected chi connectivity index (χ4v) is 1.98. The molecule has 0 spiro atoms. The highest BCUT2D eigenvalue weighted by Crippen LogP contribution is 2.15. The van der Waals surface area contributed by atoms with Crippen LogP contribution in [0.5, 0.6) is 0 Å². The van der Waals surface area contributed by atoms with Gasteiger partial charge in [0.15, 0.2) is 0 Å². The molecule has 1 aromatic rings. The summed E-state index contributed by atoms with van der Waals surface area (Å²) in [7, 11) is 3.69. The lowest BCUT2D eigenvalue weighted by Crippen LogP contribution is -2.34. The maximum absolute atomic E-state index is 11.5. The van der Waals surface area contributed by atoms with Gasteiger partial charge in [-0.15, -0.1) is 0 Å². The molecule has 0 saturated carbocycles. The van der Waals surface area contributed by atoms with Crippen molar-refractivity contribution in [3.05, 3.63) is 29.8 Å². The average molecular weight is 263 g/mol. The number of anilines is 1. The summed E-state index contributed by atoms with van der Waals surface area (Å²) in [5.41, 5.74) is 2.41. The van der Waals surface area contributed by atoms with Gasteiger partial charge in [-0.05, 0) is 24.2 Å². The molecule has 1 atom stereocenters. The number of nitrogens with one attached hydrogen (secondary N) is 2. The molecule has 106 valence electrons. The summed E-state index contributed by atoms with van der Waals surface area (Å²) in [6, 6.07) is 8.45. The zero-order valence-electron chi connectivity index (χ0n) is 12.4. The predicted molar refractivity (Wildman–Crippen MR) is 80.3 cm³/mol. The summed E-state index contributed by atoms with van der Waals surface area (Å²) >= 11 is 0. The molecule has 0 radical (unpaired) electrons. The summed E-state index contributed by atoms with van der Waals surface area (Å²) < 4.78 is 0. The molecule has 0 heterocycles. The second-order valence-electron chi connectivity index (χ2n) is 4.84. The van der Waals surface area contributed by atoms with E-state index in [1.165, 1.54) is 5.56 Å². The van der Waals surface area contributed by atoms with Gasteiger partial charge >= 0.3 is 0 Å². The molecule has 0 aromatic heterocycles. The van der Waals surface area contributed by atoms with Crippen molar-refractivity contribution in [1.82, 2.24) is 10.6 Å². The Morgan fingerprint density at radius 2 is 1.95 bits per heavy atom. The second kappa shape index (κ2) is 7.79. The third kappa shape index (κ3) is 4.91. The Kier molecular flexibility index (Phi) is 6.36. The molecule has 1 unspecified atom stereocenters. The van der Waals surface area contributed by atoms with Crippen molar-refractivity contribution in [3.63, 3.8) is 0 Å². The molecule has 1 rings (SSSR count). The molecule has 19 heavy (non-hydrogen) atoms. The highest BCUT2D eigenvalue weighted by molar-refractivity contribution is 5.78. The van der Waals surface area contributed by atoms with Gasteiger partial charge in [0.2, 0.25) is 5.91 Å². The molecule has 4 nitrogen and oxygen atoms in total. The highest BCUT2D eigenvalue weighted by Gasteiger charge is 2.13. The van der Waals surface area contributed by atoms with Gasteiger partial charge in [0.05, 0.1) is 5.92 Å². The van der Waals surface area contributed by atoms with Crippen LogP contribution in [0.25, 0.3) is 0 Å². The van der Waals surface area contributed by atoms with E-state index < -0.39 is 0 Å². The lowest BCUT2D eigenvalue weighted by molar-refractivity contribution is -0.123. The zero-order valence-corrected chi connectivity index (χ0v) is 12.4. The van der Waals surface area contributed by atoms with Crippen molar-refractivity contribution in [2.24, 2.45) is 5.92 Å². The first kappa shape index (κ1) is 15.5. The summed E-state index contributed by atoms with van der Waals surface area (Å²) in [6.45, 7) is 6.63. The fraction of sp³-hybridized carbons (Fsp3) is 0.533. The van der Waals surface area contributed by atoms with Crippen LogP contribution in [0.15, 0.2) is 24.3 Å². The van der Waals surface area contributed by atoms with E-state index in [0.29, 0.717) is 6.54 Å². The molecule has 0 aliphatic carbocycles. The van der Waals surface area contributed by atoms with Crippen LogP contribution >= 0.6 is 0 Å². The number of hydrogen-bond acceptors (Lipinski definition) is 3. The number of amides is 1. The number of nitrogens with zero attached hydrogens (tertiary/aromatic N) is 1. The Labute approximate surface area is 116 Å². The van der Waals surface area contributed by atoms with Crippen molar-refractivity contribution in [2.45, 2.75) is 20.4 Å². The normalized spacial score (nSPS) is 12.0. The maximum atomic E-state index is 11.5. The minimum atomic E-state index is -0.0172. The van der Waals surface area contributed by atoms with Crippen molar-refractivity contribution in [2.75, 3.05) is 32.1 Å². The van der Waals surface area contributed by atoms with Gasteiger partial charge in [-0.2, -0.15) is 0 Å². The van der Waals surface area contributed by atoms with Gasteiger partial charge in [-0.3, -0.25) is 4.79 Å². The molecule has 0 bridgehead atoms. The first-order valence-electron chi connectivity index (χ1n) is 6.80. The molecule has 1 aromatic carbocycles. The van der Waals surface area contributed by atoms with E-state index in [1.54, 1.807) is 7.05 Å². The molecule has 2 N–H and O–H groups in total. The third-order valence-electron chi connectivity index (χ3n) is 3.20. The van der Waals surface area contributed by atoms with Gasteiger partial charge < -0.3 is 15.5 Å². The van der Waals surface area contributed by atoms with Crippen molar-refractivity contribution >= 4 is 11.6 Å². The molecule has 0 aliphatic heterocycles. The topological polar surface area (TPSA) is 44.4 Å². The first-order valence-corrected chi connectivity index (χ1v) is 6.80. The lowest BCUT2D eigenvalue weighted by atomic mass is 10.1. The van der Waals surface area contributed by atoms with E-state index >= 15 is 0 Å². The summed E-state index contributed by atoms with van der Waals surface area (Å²) in [6.07, 6.45) is 0. The number of carbonyl (C=O) groups is 1. The van der Waals surface area contributed by atoms with Crippen LogP contribution < -0.4 is 15.5 Å². The molecule has 0 saturated heterocycles. The first-order chi connectivity index (χ1) is 9.08. The minimum Gasteiger partial charge on any atom is -0.374 e. The van der Waals surface area contributed by atoms with Crippen molar-refractivity contribution in [3.8, 4) is 0 Å². The summed E-state index contributed by atoms with van der Waals surface area (Å²) in [5.74, 6) is 0.0621. The molecular formula is C15H25N3O. The van der Waals surface area contributed by atoms with Crippen LogP contribution in [0.3, 0.4) is 0 Å². The van der Waals surface area contributed by atoms with Crippen LogP contribution in [0.2, 0.25) is 0 Å². The fourth-order valence-electron chi connectivity index (χ4n) is 1.98. The molecule has 1 amide bonds. The Hall–Kier alpha value is -1.55. The van der Waals surface area contributed by atoms with E-state index in [1.807, 2.05) is 14.0 Å². The van der Waals surface area contributed by atoms with Gasteiger partial charge in [-0.1, -0.05) is 26.0 Å². The van der Waals surface area contributed by atoms with Crippen LogP contribution in [0.4, 0.5) is 5.69 Å². The largest absolute Gasteiger partial charge is 0.374 e. The molecule has 0 aliphatic rings. The summed E-state index contributed by atoms with van der Waals surface area (Å²) in [4.78, 5) is 13.6. The predicted octanol–water partition coefficient (Wildman–Crippen LogP) is 1.61. The number of rotatable bonds is 7. The molecule has 0 fully saturated rings. The van der Waals surface area contributed by atoms with Gasteiger partial charge in [0.1, 0.15) is 0 Å². The number of benzene rings is 1. The van der Waals surface area contributed by atoms with E-state index in [-0.39, 0.29) is 11.8 Å². The van der Waals surface area contributed by atoms with Gasteiger partial charge in [0.25, 0.3) is 0 Å². The van der Waals surface area contributed by atoms with Crippen molar-refractivity contribution < 1.29 is 4.79 Å². The third-order valence-corrected chi connectivity index (χ3v) is 3.20. The van der Waals surface area contributed by atoms with Crippen LogP contribution in [-0.4, -0.2) is 33.1 Å². The van der Waals surface area contributed by atoms with E-state index in [2.05, 4.69) is 46.7 Å². The standard InChI is InChI=1S/C15H25N3O/c1-5-17-10-13-6-8-14(9-7-13)18(4)11-12(2)15(19)16-3/h6-9,12,17H,5,10-11H2,1-4H3,(H,16,19). The quantitative estimate of drug-likeness (QED) is 0.785. The Morgan fingerprint density at radius 1 is 1.32 bits per heavy atom. The number of carbonyl (C=O) groups excluding carboxylic acids is 1. The van der Waals surface area contributed by atoms with Crippen LogP contribution in [0.1, 0.15) is 19.4 Å². The van der Waals surface area contributed by atoms with E-state index in [0.717, 1.165) is 18.8 Å². The smallest absolute Gasteiger partial charge is 0.224 e. The average Bonchev–Trinajstić information content (AvgIpc) is 2.44.